The van der Waals surface area contributed by atoms with E-state index in [1.807, 2.05) is 5.38 Å². The van der Waals surface area contributed by atoms with Crippen molar-refractivity contribution in [1.29, 1.82) is 0 Å². The lowest BCUT2D eigenvalue weighted by molar-refractivity contribution is 0.281. The molecule has 0 aliphatic rings. The number of aliphatic hydroxyl groups excluding tert-OH is 1. The van der Waals surface area contributed by atoms with Crippen molar-refractivity contribution >= 4 is 33.0 Å². The quantitative estimate of drug-likeness (QED) is 0.845. The number of aliphatic hydroxyl groups is 1. The molecule has 0 spiro atoms. The van der Waals surface area contributed by atoms with Crippen LogP contribution in [-0.4, -0.2) is 25.1 Å². The Morgan fingerprint density at radius 1 is 1.40 bits per heavy atom. The summed E-state index contributed by atoms with van der Waals surface area (Å²) < 4.78 is 26.8. The van der Waals surface area contributed by atoms with Crippen LogP contribution >= 0.6 is 22.9 Å². The smallest absolute Gasteiger partial charge is 0.242 e. The number of nitrogens with zero attached hydrogens (tertiary/aromatic N) is 1. The fourth-order valence-electron chi connectivity index (χ4n) is 1.60. The Balaban J connectivity index is 2.09. The third-order valence-electron chi connectivity index (χ3n) is 2.62. The van der Waals surface area contributed by atoms with Gasteiger partial charge in [0.25, 0.3) is 0 Å². The second kappa shape index (κ2) is 6.64. The Hall–Kier alpha value is -0.990. The zero-order valence-corrected chi connectivity index (χ0v) is 12.8. The summed E-state index contributed by atoms with van der Waals surface area (Å²) in [6.07, 6.45) is 0.514. The van der Waals surface area contributed by atoms with E-state index in [0.717, 1.165) is 5.69 Å². The van der Waals surface area contributed by atoms with Gasteiger partial charge in [-0.3, -0.25) is 0 Å². The molecule has 2 aromatic rings. The predicted octanol–water partition coefficient (Wildman–Crippen LogP) is 1.81. The standard InChI is InChI=1S/C12H13ClN2O3S2/c13-11-2-1-9(6-16)5-12(11)20(17,18)15-4-3-10-7-19-8-14-10/h1-2,5,7-8,15-16H,3-4,6H2. The van der Waals surface area contributed by atoms with E-state index in [1.54, 1.807) is 11.6 Å². The summed E-state index contributed by atoms with van der Waals surface area (Å²) in [4.78, 5) is 4.05. The molecule has 5 nitrogen and oxygen atoms in total. The van der Waals surface area contributed by atoms with Gasteiger partial charge in [0.15, 0.2) is 0 Å². The van der Waals surface area contributed by atoms with Crippen molar-refractivity contribution < 1.29 is 13.5 Å². The minimum Gasteiger partial charge on any atom is -0.392 e. The van der Waals surface area contributed by atoms with E-state index in [1.165, 1.54) is 23.5 Å². The summed E-state index contributed by atoms with van der Waals surface area (Å²) in [6.45, 7) is 0.00423. The summed E-state index contributed by atoms with van der Waals surface area (Å²) in [7, 11) is -3.69. The van der Waals surface area contributed by atoms with Gasteiger partial charge in [-0.15, -0.1) is 11.3 Å². The molecule has 0 aliphatic carbocycles. The lowest BCUT2D eigenvalue weighted by atomic mass is 10.2. The number of halogens is 1. The summed E-state index contributed by atoms with van der Waals surface area (Å²) >= 11 is 7.37. The monoisotopic (exact) mass is 332 g/mol. The molecule has 0 bridgehead atoms. The van der Waals surface area contributed by atoms with Gasteiger partial charge in [-0.1, -0.05) is 17.7 Å². The average molecular weight is 333 g/mol. The van der Waals surface area contributed by atoms with E-state index in [4.69, 9.17) is 16.7 Å². The van der Waals surface area contributed by atoms with Crippen LogP contribution in [0, 0.1) is 0 Å². The van der Waals surface area contributed by atoms with Crippen LogP contribution in [0.1, 0.15) is 11.3 Å². The molecule has 0 amide bonds. The van der Waals surface area contributed by atoms with E-state index >= 15 is 0 Å². The first-order valence-corrected chi connectivity index (χ1v) is 8.59. The third-order valence-corrected chi connectivity index (χ3v) is 5.20. The molecular formula is C12H13ClN2O3S2. The van der Waals surface area contributed by atoms with E-state index in [9.17, 15) is 8.42 Å². The molecule has 0 unspecified atom stereocenters. The maximum Gasteiger partial charge on any atom is 0.242 e. The van der Waals surface area contributed by atoms with Crippen molar-refractivity contribution in [3.63, 3.8) is 0 Å². The van der Waals surface area contributed by atoms with Crippen molar-refractivity contribution in [2.45, 2.75) is 17.9 Å². The van der Waals surface area contributed by atoms with E-state index in [2.05, 4.69) is 9.71 Å². The Morgan fingerprint density at radius 2 is 2.20 bits per heavy atom. The van der Waals surface area contributed by atoms with E-state index in [-0.39, 0.29) is 23.1 Å². The number of aromatic nitrogens is 1. The second-order valence-electron chi connectivity index (χ2n) is 4.05. The molecule has 1 heterocycles. The van der Waals surface area contributed by atoms with Crippen LogP contribution < -0.4 is 4.72 Å². The van der Waals surface area contributed by atoms with Gasteiger partial charge in [-0.05, 0) is 17.7 Å². The molecule has 1 aromatic heterocycles. The molecule has 1 aromatic carbocycles. The number of nitrogens with one attached hydrogen (secondary N) is 1. The Labute approximate surface area is 126 Å². The molecule has 0 aliphatic heterocycles. The fraction of sp³-hybridized carbons (Fsp3) is 0.250. The van der Waals surface area contributed by atoms with E-state index in [0.29, 0.717) is 12.0 Å². The first-order valence-electron chi connectivity index (χ1n) is 5.79. The molecular weight excluding hydrogens is 320 g/mol. The fourth-order valence-corrected chi connectivity index (χ4v) is 3.78. The SMILES string of the molecule is O=S(=O)(NCCc1cscn1)c1cc(CO)ccc1Cl. The Morgan fingerprint density at radius 3 is 2.85 bits per heavy atom. The Bertz CT molecular complexity index is 672. The highest BCUT2D eigenvalue weighted by Crippen LogP contribution is 2.22. The highest BCUT2D eigenvalue weighted by molar-refractivity contribution is 7.89. The summed E-state index contributed by atoms with van der Waals surface area (Å²) in [5.41, 5.74) is 3.04. The first kappa shape index (κ1) is 15.4. The number of benzene rings is 1. The van der Waals surface area contributed by atoms with E-state index < -0.39 is 10.0 Å². The number of sulfonamides is 1. The largest absolute Gasteiger partial charge is 0.392 e. The lowest BCUT2D eigenvalue weighted by Gasteiger charge is -2.09. The minimum atomic E-state index is -3.69. The van der Waals surface area contributed by atoms with Crippen molar-refractivity contribution in [3.8, 4) is 0 Å². The molecule has 0 radical (unpaired) electrons. The highest BCUT2D eigenvalue weighted by Gasteiger charge is 2.18. The van der Waals surface area contributed by atoms with Gasteiger partial charge < -0.3 is 5.11 Å². The molecule has 20 heavy (non-hydrogen) atoms. The van der Waals surface area contributed by atoms with Crippen LogP contribution in [0.2, 0.25) is 5.02 Å². The zero-order chi connectivity index (χ0) is 14.6. The van der Waals surface area contributed by atoms with Gasteiger partial charge in [-0.25, -0.2) is 18.1 Å². The van der Waals surface area contributed by atoms with Gasteiger partial charge in [0, 0.05) is 18.3 Å². The number of hydrogen-bond donors (Lipinski definition) is 2. The van der Waals surface area contributed by atoms with Gasteiger partial charge >= 0.3 is 0 Å². The molecule has 8 heteroatoms. The first-order chi connectivity index (χ1) is 9.53. The van der Waals surface area contributed by atoms with Gasteiger partial charge in [0.1, 0.15) is 4.90 Å². The van der Waals surface area contributed by atoms with Crippen LogP contribution in [0.25, 0.3) is 0 Å². The maximum absolute atomic E-state index is 12.2. The van der Waals surface area contributed by atoms with Crippen LogP contribution in [-0.2, 0) is 23.1 Å². The summed E-state index contributed by atoms with van der Waals surface area (Å²) in [5.74, 6) is 0. The number of rotatable bonds is 6. The summed E-state index contributed by atoms with van der Waals surface area (Å²) in [5, 5.41) is 11.1. The second-order valence-corrected chi connectivity index (χ2v) is 6.91. The molecule has 0 atom stereocenters. The topological polar surface area (TPSA) is 79.3 Å². The van der Waals surface area contributed by atoms with Crippen LogP contribution in [0.3, 0.4) is 0 Å². The number of hydrogen-bond acceptors (Lipinski definition) is 5. The molecule has 0 saturated carbocycles. The molecule has 2 rings (SSSR count). The molecule has 0 fully saturated rings. The van der Waals surface area contributed by atoms with Crippen LogP contribution in [0.4, 0.5) is 0 Å². The maximum atomic E-state index is 12.2. The van der Waals surface area contributed by atoms with Crippen LogP contribution in [0.5, 0.6) is 0 Å². The molecule has 2 N–H and O–H groups in total. The Kier molecular flexibility index (Phi) is 5.11. The summed E-state index contributed by atoms with van der Waals surface area (Å²) in [6, 6.07) is 4.41. The van der Waals surface area contributed by atoms with Crippen molar-refractivity contribution in [3.05, 3.63) is 45.4 Å². The average Bonchev–Trinajstić information content (AvgIpc) is 2.92. The van der Waals surface area contributed by atoms with Gasteiger partial charge in [0.05, 0.1) is 22.8 Å². The van der Waals surface area contributed by atoms with Gasteiger partial charge in [0.2, 0.25) is 10.0 Å². The molecule has 0 saturated heterocycles. The normalized spacial score (nSPS) is 11.7. The van der Waals surface area contributed by atoms with Crippen LogP contribution in [0.15, 0.2) is 34.0 Å². The van der Waals surface area contributed by atoms with Gasteiger partial charge in [-0.2, -0.15) is 0 Å². The van der Waals surface area contributed by atoms with Crippen molar-refractivity contribution in [2.24, 2.45) is 0 Å². The lowest BCUT2D eigenvalue weighted by Crippen LogP contribution is -2.26. The predicted molar refractivity (Wildman–Crippen MR) is 78.4 cm³/mol. The van der Waals surface area contributed by atoms with Crippen molar-refractivity contribution in [2.75, 3.05) is 6.54 Å². The molecule has 108 valence electrons. The van der Waals surface area contributed by atoms with Crippen molar-refractivity contribution in [1.82, 2.24) is 9.71 Å². The third kappa shape index (κ3) is 3.77. The zero-order valence-electron chi connectivity index (χ0n) is 10.4. The minimum absolute atomic E-state index is 0.0241. The number of thiazole rings is 1. The highest BCUT2D eigenvalue weighted by atomic mass is 35.5.